The van der Waals surface area contributed by atoms with E-state index in [2.05, 4.69) is 47.4 Å². The highest BCUT2D eigenvalue weighted by atomic mass is 32.2. The van der Waals surface area contributed by atoms with Gasteiger partial charge in [0.05, 0.1) is 34.7 Å². The minimum atomic E-state index is -3.08. The zero-order chi connectivity index (χ0) is 25.7. The van der Waals surface area contributed by atoms with Crippen molar-refractivity contribution in [2.24, 2.45) is 10.9 Å². The van der Waals surface area contributed by atoms with Gasteiger partial charge >= 0.3 is 0 Å². The van der Waals surface area contributed by atoms with Gasteiger partial charge in [-0.15, -0.1) is 0 Å². The molecule has 1 atom stereocenters. The molecule has 0 spiro atoms. The molecule has 6 heteroatoms. The Morgan fingerprint density at radius 2 is 1.51 bits per heavy atom. The Bertz CT molecular complexity index is 1430. The topological polar surface area (TPSA) is 62.6 Å². The fourth-order valence-corrected chi connectivity index (χ4v) is 6.05. The highest BCUT2D eigenvalue weighted by Crippen LogP contribution is 2.33. The molecule has 5 rings (SSSR count). The molecule has 0 N–H and O–H groups in total. The SMILES string of the molecule is CCS(=O)(=O)CC1Cc2ncc(N=C(c3ccccc3)c3ccccc3)cc2N(Cc2ccccc2)C1. The van der Waals surface area contributed by atoms with Crippen LogP contribution < -0.4 is 4.90 Å². The van der Waals surface area contributed by atoms with E-state index >= 15 is 0 Å². The number of aromatic nitrogens is 1. The van der Waals surface area contributed by atoms with Crippen molar-refractivity contribution in [2.45, 2.75) is 19.9 Å². The van der Waals surface area contributed by atoms with E-state index in [-0.39, 0.29) is 17.4 Å². The number of aliphatic imine (C=N–C) groups is 1. The highest BCUT2D eigenvalue weighted by molar-refractivity contribution is 7.91. The molecule has 0 amide bonds. The monoisotopic (exact) mass is 509 g/mol. The zero-order valence-corrected chi connectivity index (χ0v) is 21.8. The van der Waals surface area contributed by atoms with Crippen molar-refractivity contribution in [3.8, 4) is 0 Å². The molecule has 0 bridgehead atoms. The number of sulfone groups is 1. The lowest BCUT2D eigenvalue weighted by atomic mass is 9.97. The predicted molar refractivity (Wildman–Crippen MR) is 151 cm³/mol. The molecule has 3 aromatic carbocycles. The summed E-state index contributed by atoms with van der Waals surface area (Å²) in [4.78, 5) is 12.2. The summed E-state index contributed by atoms with van der Waals surface area (Å²) in [6.45, 7) is 3.07. The van der Waals surface area contributed by atoms with Crippen molar-refractivity contribution >= 4 is 26.9 Å². The normalized spacial score (nSPS) is 15.2. The van der Waals surface area contributed by atoms with Crippen LogP contribution in [0.15, 0.2) is 108 Å². The van der Waals surface area contributed by atoms with E-state index in [0.717, 1.165) is 33.9 Å². The number of anilines is 1. The third-order valence-corrected chi connectivity index (χ3v) is 8.57. The van der Waals surface area contributed by atoms with Crippen LogP contribution in [0.5, 0.6) is 0 Å². The molecular weight excluding hydrogens is 478 g/mol. The first-order chi connectivity index (χ1) is 18.0. The zero-order valence-electron chi connectivity index (χ0n) is 21.0. The van der Waals surface area contributed by atoms with E-state index < -0.39 is 9.84 Å². The summed E-state index contributed by atoms with van der Waals surface area (Å²) in [6.07, 6.45) is 2.45. The lowest BCUT2D eigenvalue weighted by Crippen LogP contribution is -2.38. The van der Waals surface area contributed by atoms with Crippen LogP contribution in [0, 0.1) is 5.92 Å². The van der Waals surface area contributed by atoms with Crippen LogP contribution in [0.2, 0.25) is 0 Å². The van der Waals surface area contributed by atoms with Crippen molar-refractivity contribution in [3.05, 3.63) is 126 Å². The summed E-state index contributed by atoms with van der Waals surface area (Å²) in [7, 11) is -3.08. The third-order valence-electron chi connectivity index (χ3n) is 6.72. The maximum Gasteiger partial charge on any atom is 0.150 e. The molecule has 188 valence electrons. The fraction of sp³-hybridized carbons (Fsp3) is 0.226. The van der Waals surface area contributed by atoms with Gasteiger partial charge in [0.25, 0.3) is 0 Å². The molecule has 0 fully saturated rings. The van der Waals surface area contributed by atoms with Crippen LogP contribution >= 0.6 is 0 Å². The number of fused-ring (bicyclic) bond motifs is 1. The summed E-state index contributed by atoms with van der Waals surface area (Å²) in [6, 6.07) is 32.7. The Balaban J connectivity index is 1.54. The molecule has 1 aliphatic rings. The van der Waals surface area contributed by atoms with E-state index in [4.69, 9.17) is 9.98 Å². The first kappa shape index (κ1) is 24.9. The van der Waals surface area contributed by atoms with E-state index in [9.17, 15) is 8.42 Å². The molecular formula is C31H31N3O2S. The van der Waals surface area contributed by atoms with Crippen molar-refractivity contribution in [3.63, 3.8) is 0 Å². The van der Waals surface area contributed by atoms with Gasteiger partial charge < -0.3 is 4.90 Å². The number of nitrogens with zero attached hydrogens (tertiary/aromatic N) is 3. The van der Waals surface area contributed by atoms with E-state index in [1.165, 1.54) is 5.56 Å². The first-order valence-electron chi connectivity index (χ1n) is 12.7. The van der Waals surface area contributed by atoms with Crippen molar-refractivity contribution in [2.75, 3.05) is 23.0 Å². The van der Waals surface area contributed by atoms with Gasteiger partial charge in [-0.25, -0.2) is 13.4 Å². The van der Waals surface area contributed by atoms with Crippen LogP contribution in [0.25, 0.3) is 0 Å². The second-order valence-electron chi connectivity index (χ2n) is 9.49. The Morgan fingerprint density at radius 1 is 0.919 bits per heavy atom. The quantitative estimate of drug-likeness (QED) is 0.279. The van der Waals surface area contributed by atoms with E-state index in [1.807, 2.05) is 60.8 Å². The molecule has 37 heavy (non-hydrogen) atoms. The van der Waals surface area contributed by atoms with Crippen LogP contribution in [-0.2, 0) is 22.8 Å². The van der Waals surface area contributed by atoms with Crippen LogP contribution in [0.4, 0.5) is 11.4 Å². The minimum Gasteiger partial charge on any atom is -0.365 e. The van der Waals surface area contributed by atoms with Gasteiger partial charge in [0.1, 0.15) is 9.84 Å². The molecule has 4 aromatic rings. The maximum absolute atomic E-state index is 12.4. The number of benzene rings is 3. The molecule has 1 unspecified atom stereocenters. The fourth-order valence-electron chi connectivity index (χ4n) is 4.87. The van der Waals surface area contributed by atoms with Crippen LogP contribution in [-0.4, -0.2) is 37.2 Å². The molecule has 5 nitrogen and oxygen atoms in total. The maximum atomic E-state index is 12.4. The van der Waals surface area contributed by atoms with Gasteiger partial charge in [-0.2, -0.15) is 0 Å². The Kier molecular flexibility index (Phi) is 7.47. The summed E-state index contributed by atoms with van der Waals surface area (Å²) < 4.78 is 24.9. The second kappa shape index (κ2) is 11.1. The standard InChI is InChI=1S/C31H31N3O2S/c1-2-37(35,36)23-25-18-29-30(34(22-25)21-24-12-6-3-7-13-24)19-28(20-32-29)33-31(26-14-8-4-9-15-26)27-16-10-5-11-17-27/h3-17,19-20,25H,2,18,21-23H2,1H3. The summed E-state index contributed by atoms with van der Waals surface area (Å²) in [5.74, 6) is 0.354. The first-order valence-corrected chi connectivity index (χ1v) is 14.5. The average molecular weight is 510 g/mol. The molecule has 0 aliphatic carbocycles. The predicted octanol–water partition coefficient (Wildman–Crippen LogP) is 5.86. The minimum absolute atomic E-state index is 0.00668. The Hall–Kier alpha value is -3.77. The van der Waals surface area contributed by atoms with Crippen molar-refractivity contribution < 1.29 is 8.42 Å². The number of hydrogen-bond donors (Lipinski definition) is 0. The molecule has 1 aromatic heterocycles. The van der Waals surface area contributed by atoms with Crippen LogP contribution in [0.3, 0.4) is 0 Å². The van der Waals surface area contributed by atoms with Gasteiger partial charge in [-0.05, 0) is 24.0 Å². The number of rotatable bonds is 8. The van der Waals surface area contributed by atoms with Gasteiger partial charge in [-0.1, -0.05) is 97.9 Å². The Labute approximate surface area is 219 Å². The van der Waals surface area contributed by atoms with Crippen LogP contribution in [0.1, 0.15) is 29.3 Å². The lowest BCUT2D eigenvalue weighted by Gasteiger charge is -2.35. The molecule has 1 aliphatic heterocycles. The molecule has 0 saturated carbocycles. The molecule has 2 heterocycles. The number of hydrogen-bond acceptors (Lipinski definition) is 5. The Morgan fingerprint density at radius 3 is 2.11 bits per heavy atom. The van der Waals surface area contributed by atoms with E-state index in [1.54, 1.807) is 6.92 Å². The third kappa shape index (κ3) is 6.15. The van der Waals surface area contributed by atoms with Gasteiger partial charge in [0.15, 0.2) is 0 Å². The highest BCUT2D eigenvalue weighted by Gasteiger charge is 2.29. The molecule has 0 radical (unpaired) electrons. The van der Waals surface area contributed by atoms with Gasteiger partial charge in [0, 0.05) is 30.0 Å². The number of pyridine rings is 1. The summed E-state index contributed by atoms with van der Waals surface area (Å²) >= 11 is 0. The van der Waals surface area contributed by atoms with E-state index in [0.29, 0.717) is 19.5 Å². The lowest BCUT2D eigenvalue weighted by molar-refractivity contribution is 0.509. The average Bonchev–Trinajstić information content (AvgIpc) is 2.93. The van der Waals surface area contributed by atoms with Gasteiger partial charge in [-0.3, -0.25) is 4.98 Å². The summed E-state index contributed by atoms with van der Waals surface area (Å²) in [5.41, 5.74) is 6.87. The second-order valence-corrected chi connectivity index (χ2v) is 11.9. The largest absolute Gasteiger partial charge is 0.365 e. The van der Waals surface area contributed by atoms with Gasteiger partial charge in [0.2, 0.25) is 0 Å². The molecule has 0 saturated heterocycles. The van der Waals surface area contributed by atoms with Crippen molar-refractivity contribution in [1.29, 1.82) is 0 Å². The summed E-state index contributed by atoms with van der Waals surface area (Å²) in [5, 5.41) is 0. The van der Waals surface area contributed by atoms with Crippen molar-refractivity contribution in [1.82, 2.24) is 4.98 Å². The smallest absolute Gasteiger partial charge is 0.150 e.